The van der Waals surface area contributed by atoms with Crippen LogP contribution in [0.2, 0.25) is 0 Å². The van der Waals surface area contributed by atoms with Crippen LogP contribution in [0.5, 0.6) is 5.75 Å². The van der Waals surface area contributed by atoms with E-state index >= 15 is 0 Å². The van der Waals surface area contributed by atoms with E-state index in [1.165, 1.54) is 7.11 Å². The molecule has 0 aliphatic carbocycles. The predicted octanol–water partition coefficient (Wildman–Crippen LogP) is 4.54. The van der Waals surface area contributed by atoms with Gasteiger partial charge in [-0.3, -0.25) is 0 Å². The second-order valence-corrected chi connectivity index (χ2v) is 8.70. The van der Waals surface area contributed by atoms with Gasteiger partial charge in [-0.05, 0) is 44.5 Å². The van der Waals surface area contributed by atoms with Crippen molar-refractivity contribution in [2.75, 3.05) is 20.2 Å². The van der Waals surface area contributed by atoms with Gasteiger partial charge >= 0.3 is 12.1 Å². The number of benzene rings is 1. The van der Waals surface area contributed by atoms with Crippen molar-refractivity contribution in [3.63, 3.8) is 0 Å². The molecule has 152 valence electrons. The molecule has 1 amide bonds. The molecule has 1 saturated heterocycles. The van der Waals surface area contributed by atoms with E-state index in [1.54, 1.807) is 11.0 Å². The van der Waals surface area contributed by atoms with Gasteiger partial charge in [-0.15, -0.1) is 0 Å². The summed E-state index contributed by atoms with van der Waals surface area (Å²) in [6.45, 7) is 6.69. The first-order chi connectivity index (χ1) is 13.2. The predicted molar refractivity (Wildman–Crippen MR) is 110 cm³/mol. The molecule has 2 aliphatic heterocycles. The maximum Gasteiger partial charge on any atom is 0.410 e. The normalized spacial score (nSPS) is 17.7. The molecule has 0 N–H and O–H groups in total. The highest BCUT2D eigenvalue weighted by molar-refractivity contribution is 9.08. The number of hydrogen-bond donors (Lipinski definition) is 0. The van der Waals surface area contributed by atoms with Crippen molar-refractivity contribution in [3.05, 3.63) is 34.9 Å². The monoisotopic (exact) mass is 451 g/mol. The van der Waals surface area contributed by atoms with Crippen molar-refractivity contribution in [2.24, 2.45) is 0 Å². The molecule has 1 spiro atoms. The number of likely N-dealkylation sites (tertiary alicyclic amines) is 1. The van der Waals surface area contributed by atoms with Crippen LogP contribution in [0.1, 0.15) is 55.1 Å². The molecule has 28 heavy (non-hydrogen) atoms. The second kappa shape index (κ2) is 7.78. The molecule has 1 fully saturated rings. The van der Waals surface area contributed by atoms with E-state index in [9.17, 15) is 9.59 Å². The van der Waals surface area contributed by atoms with Gasteiger partial charge in [-0.2, -0.15) is 0 Å². The van der Waals surface area contributed by atoms with Crippen molar-refractivity contribution in [3.8, 4) is 5.75 Å². The summed E-state index contributed by atoms with van der Waals surface area (Å²) in [7, 11) is 1.37. The third kappa shape index (κ3) is 4.35. The number of ether oxygens (including phenoxy) is 3. The van der Waals surface area contributed by atoms with Crippen LogP contribution in [0.3, 0.4) is 0 Å². The Morgan fingerprint density at radius 1 is 1.25 bits per heavy atom. The quantitative estimate of drug-likeness (QED) is 0.487. The summed E-state index contributed by atoms with van der Waals surface area (Å²) in [4.78, 5) is 26.1. The summed E-state index contributed by atoms with van der Waals surface area (Å²) in [6, 6.07) is 3.69. The Hall–Kier alpha value is -2.02. The van der Waals surface area contributed by atoms with E-state index in [1.807, 2.05) is 32.9 Å². The molecule has 0 bridgehead atoms. The molecule has 7 heteroatoms. The summed E-state index contributed by atoms with van der Waals surface area (Å²) < 4.78 is 16.7. The molecule has 0 aromatic heterocycles. The zero-order chi connectivity index (χ0) is 20.5. The number of piperidine rings is 1. The maximum absolute atomic E-state index is 12.3. The lowest BCUT2D eigenvalue weighted by atomic mass is 9.87. The zero-order valence-electron chi connectivity index (χ0n) is 16.7. The van der Waals surface area contributed by atoms with E-state index in [4.69, 9.17) is 14.2 Å². The molecule has 0 atom stereocenters. The Labute approximate surface area is 173 Å². The topological polar surface area (TPSA) is 65.1 Å². The first kappa shape index (κ1) is 20.7. The Morgan fingerprint density at radius 2 is 1.93 bits per heavy atom. The van der Waals surface area contributed by atoms with Crippen LogP contribution >= 0.6 is 15.9 Å². The van der Waals surface area contributed by atoms with Crippen LogP contribution in [0.25, 0.3) is 6.08 Å². The summed E-state index contributed by atoms with van der Waals surface area (Å²) >= 11 is 3.42. The molecule has 6 nitrogen and oxygen atoms in total. The zero-order valence-corrected chi connectivity index (χ0v) is 18.3. The highest BCUT2D eigenvalue weighted by Gasteiger charge is 2.39. The third-order valence-electron chi connectivity index (χ3n) is 4.93. The summed E-state index contributed by atoms with van der Waals surface area (Å²) in [5, 5.41) is 0.550. The van der Waals surface area contributed by atoms with E-state index in [0.29, 0.717) is 42.6 Å². The van der Waals surface area contributed by atoms with E-state index in [0.717, 1.165) is 11.1 Å². The number of nitrogens with zero attached hydrogens (tertiary/aromatic N) is 1. The number of fused-ring (bicyclic) bond motifs is 1. The van der Waals surface area contributed by atoms with Gasteiger partial charge in [0.2, 0.25) is 0 Å². The molecule has 0 radical (unpaired) electrons. The fourth-order valence-electron chi connectivity index (χ4n) is 3.43. The van der Waals surface area contributed by atoms with Gasteiger partial charge in [0.15, 0.2) is 0 Å². The lowest BCUT2D eigenvalue weighted by Crippen LogP contribution is -2.50. The minimum atomic E-state index is -0.510. The average molecular weight is 452 g/mol. The number of alkyl halides is 1. The van der Waals surface area contributed by atoms with Crippen LogP contribution < -0.4 is 4.74 Å². The number of methoxy groups -OCH3 is 1. The van der Waals surface area contributed by atoms with Crippen LogP contribution in [0.15, 0.2) is 18.2 Å². The lowest BCUT2D eigenvalue weighted by Gasteiger charge is -2.42. The SMILES string of the molecule is COC(=O)c1cc2c(cc1CBr)C=CC1(CCN(C(=O)OC(C)(C)C)CC1)O2. The van der Waals surface area contributed by atoms with Gasteiger partial charge in [0.1, 0.15) is 17.0 Å². The van der Waals surface area contributed by atoms with Gasteiger partial charge in [0.05, 0.1) is 12.7 Å². The molecule has 1 aromatic rings. The second-order valence-electron chi connectivity index (χ2n) is 8.14. The van der Waals surface area contributed by atoms with Crippen LogP contribution in [0, 0.1) is 0 Å². The van der Waals surface area contributed by atoms with Crippen molar-refractivity contribution >= 4 is 34.1 Å². The number of rotatable bonds is 2. The molecule has 3 rings (SSSR count). The van der Waals surface area contributed by atoms with Gasteiger partial charge < -0.3 is 19.1 Å². The minimum absolute atomic E-state index is 0.294. The summed E-state index contributed by atoms with van der Waals surface area (Å²) in [5.41, 5.74) is 1.30. The molecular weight excluding hydrogens is 426 g/mol. The van der Waals surface area contributed by atoms with Crippen LogP contribution in [0.4, 0.5) is 4.79 Å². The first-order valence-corrected chi connectivity index (χ1v) is 10.5. The molecule has 1 aromatic carbocycles. The highest BCUT2D eigenvalue weighted by Crippen LogP contribution is 2.39. The standard InChI is InChI=1S/C21H26BrNO5/c1-20(2,3)28-19(25)23-9-7-21(8-10-23)6-5-14-11-15(13-22)16(18(24)26-4)12-17(14)27-21/h5-6,11-12H,7-10,13H2,1-4H3. The van der Waals surface area contributed by atoms with Crippen molar-refractivity contribution in [1.29, 1.82) is 0 Å². The Morgan fingerprint density at radius 3 is 2.50 bits per heavy atom. The van der Waals surface area contributed by atoms with Crippen molar-refractivity contribution in [2.45, 2.75) is 50.1 Å². The van der Waals surface area contributed by atoms with Gasteiger partial charge in [0.25, 0.3) is 0 Å². The molecule has 2 aliphatic rings. The highest BCUT2D eigenvalue weighted by atomic mass is 79.9. The number of carbonyl (C=O) groups is 2. The summed E-state index contributed by atoms with van der Waals surface area (Å²) in [5.74, 6) is 0.280. The summed E-state index contributed by atoms with van der Waals surface area (Å²) in [6.07, 6.45) is 5.14. The van der Waals surface area contributed by atoms with E-state index < -0.39 is 11.2 Å². The van der Waals surface area contributed by atoms with Crippen molar-refractivity contribution < 1.29 is 23.8 Å². The number of esters is 1. The number of carbonyl (C=O) groups excluding carboxylic acids is 2. The van der Waals surface area contributed by atoms with Crippen LogP contribution in [-0.4, -0.2) is 48.4 Å². The molecule has 2 heterocycles. The average Bonchev–Trinajstić information content (AvgIpc) is 2.65. The van der Waals surface area contributed by atoms with Crippen molar-refractivity contribution in [1.82, 2.24) is 4.90 Å². The Kier molecular flexibility index (Phi) is 5.75. The maximum atomic E-state index is 12.3. The fraction of sp³-hybridized carbons (Fsp3) is 0.524. The van der Waals surface area contributed by atoms with Gasteiger partial charge in [-0.25, -0.2) is 9.59 Å². The Balaban J connectivity index is 1.76. The molecular formula is C21H26BrNO5. The number of amides is 1. The van der Waals surface area contributed by atoms with Gasteiger partial charge in [0, 0.05) is 36.8 Å². The van der Waals surface area contributed by atoms with E-state index in [2.05, 4.69) is 22.0 Å². The largest absolute Gasteiger partial charge is 0.482 e. The molecule has 0 saturated carbocycles. The Bertz CT molecular complexity index is 804. The minimum Gasteiger partial charge on any atom is -0.482 e. The number of hydrogen-bond acceptors (Lipinski definition) is 5. The van der Waals surface area contributed by atoms with Crippen LogP contribution in [-0.2, 0) is 14.8 Å². The van der Waals surface area contributed by atoms with Gasteiger partial charge in [-0.1, -0.05) is 22.0 Å². The molecule has 0 unspecified atom stereocenters. The smallest absolute Gasteiger partial charge is 0.410 e. The third-order valence-corrected chi connectivity index (χ3v) is 5.53. The lowest BCUT2D eigenvalue weighted by molar-refractivity contribution is -0.00111. The number of halogens is 1. The van der Waals surface area contributed by atoms with E-state index in [-0.39, 0.29) is 12.1 Å². The first-order valence-electron chi connectivity index (χ1n) is 9.34. The fourth-order valence-corrected chi connectivity index (χ4v) is 3.89.